The van der Waals surface area contributed by atoms with Crippen molar-refractivity contribution in [3.63, 3.8) is 0 Å². The Hall–Kier alpha value is -1.56. The van der Waals surface area contributed by atoms with Crippen molar-refractivity contribution in [3.05, 3.63) is 28.2 Å². The number of halogens is 1. The van der Waals surface area contributed by atoms with Crippen LogP contribution in [0, 0.1) is 5.41 Å². The minimum atomic E-state index is -0.261. The maximum absolute atomic E-state index is 12.2. The molecule has 0 saturated heterocycles. The molecule has 6 heteroatoms. The zero-order valence-electron chi connectivity index (χ0n) is 14.1. The number of carbonyl (C=O) groups excluding carboxylic acids is 2. The molecule has 0 aromatic heterocycles. The van der Waals surface area contributed by atoms with Crippen LogP contribution >= 0.6 is 15.9 Å². The van der Waals surface area contributed by atoms with Crippen molar-refractivity contribution in [3.8, 4) is 5.75 Å². The van der Waals surface area contributed by atoms with Crippen LogP contribution in [-0.4, -0.2) is 32.1 Å². The number of esters is 1. The van der Waals surface area contributed by atoms with Gasteiger partial charge in [0.05, 0.1) is 18.2 Å². The number of hydrogen-bond acceptors (Lipinski definition) is 4. The van der Waals surface area contributed by atoms with Crippen molar-refractivity contribution in [1.29, 1.82) is 0 Å². The van der Waals surface area contributed by atoms with Crippen LogP contribution in [-0.2, 0) is 9.53 Å². The molecule has 0 bridgehead atoms. The second-order valence-electron chi connectivity index (χ2n) is 6.42. The average molecular weight is 386 g/mol. The molecule has 0 aliphatic rings. The lowest BCUT2D eigenvalue weighted by Crippen LogP contribution is -2.32. The van der Waals surface area contributed by atoms with Crippen LogP contribution in [0.4, 0.5) is 0 Å². The lowest BCUT2D eigenvalue weighted by molar-refractivity contribution is -0.140. The van der Waals surface area contributed by atoms with Gasteiger partial charge in [0.15, 0.2) is 0 Å². The summed E-state index contributed by atoms with van der Waals surface area (Å²) in [5.74, 6) is 0.188. The summed E-state index contributed by atoms with van der Waals surface area (Å²) < 4.78 is 11.0. The lowest BCUT2D eigenvalue weighted by atomic mass is 9.97. The molecule has 0 aliphatic carbocycles. The summed E-state index contributed by atoms with van der Waals surface area (Å²) in [5.41, 5.74) is 0.568. The highest BCUT2D eigenvalue weighted by molar-refractivity contribution is 9.10. The van der Waals surface area contributed by atoms with Crippen LogP contribution < -0.4 is 10.1 Å². The van der Waals surface area contributed by atoms with Crippen molar-refractivity contribution in [2.24, 2.45) is 5.41 Å². The van der Waals surface area contributed by atoms with E-state index < -0.39 is 0 Å². The third kappa shape index (κ3) is 7.50. The molecule has 0 fully saturated rings. The first kappa shape index (κ1) is 19.5. The summed E-state index contributed by atoms with van der Waals surface area (Å²) in [6.07, 6.45) is 0.861. The minimum Gasteiger partial charge on any atom is -0.492 e. The van der Waals surface area contributed by atoms with Crippen molar-refractivity contribution in [1.82, 2.24) is 5.32 Å². The molecule has 0 unspecified atom stereocenters. The van der Waals surface area contributed by atoms with Gasteiger partial charge in [-0.3, -0.25) is 9.59 Å². The second-order valence-corrected chi connectivity index (χ2v) is 7.27. The Kier molecular flexibility index (Phi) is 7.55. The molecule has 5 nitrogen and oxygen atoms in total. The van der Waals surface area contributed by atoms with Crippen molar-refractivity contribution in [2.45, 2.75) is 33.6 Å². The van der Waals surface area contributed by atoms with E-state index in [9.17, 15) is 9.59 Å². The lowest BCUT2D eigenvalue weighted by Gasteiger charge is -2.19. The van der Waals surface area contributed by atoms with Crippen molar-refractivity contribution < 1.29 is 19.1 Å². The van der Waals surface area contributed by atoms with Crippen LogP contribution in [0.1, 0.15) is 44.0 Å². The highest BCUT2D eigenvalue weighted by Crippen LogP contribution is 2.26. The van der Waals surface area contributed by atoms with E-state index in [4.69, 9.17) is 4.74 Å². The maximum Gasteiger partial charge on any atom is 0.305 e. The Bertz CT molecular complexity index is 552. The molecule has 0 aliphatic heterocycles. The number of benzene rings is 1. The van der Waals surface area contributed by atoms with Gasteiger partial charge in [0.2, 0.25) is 0 Å². The first-order valence-corrected chi connectivity index (χ1v) is 8.29. The SMILES string of the molecule is COC(=O)CCCOc1cc(C(=O)NCC(C)(C)C)ccc1Br. The summed E-state index contributed by atoms with van der Waals surface area (Å²) in [5, 5.41) is 2.90. The van der Waals surface area contributed by atoms with Crippen LogP contribution in [0.2, 0.25) is 0 Å². The molecule has 0 spiro atoms. The van der Waals surface area contributed by atoms with E-state index in [1.165, 1.54) is 7.11 Å². The molecule has 1 N–H and O–H groups in total. The summed E-state index contributed by atoms with van der Waals surface area (Å²) in [4.78, 5) is 23.2. The quantitative estimate of drug-likeness (QED) is 0.575. The van der Waals surface area contributed by atoms with E-state index in [0.29, 0.717) is 37.3 Å². The van der Waals surface area contributed by atoms with Gasteiger partial charge in [-0.05, 0) is 46.0 Å². The molecular weight excluding hydrogens is 362 g/mol. The number of hydrogen-bond donors (Lipinski definition) is 1. The summed E-state index contributed by atoms with van der Waals surface area (Å²) in [6.45, 7) is 7.15. The zero-order chi connectivity index (χ0) is 17.5. The van der Waals surface area contributed by atoms with Gasteiger partial charge in [0, 0.05) is 18.5 Å². The highest BCUT2D eigenvalue weighted by atomic mass is 79.9. The molecule has 1 aromatic carbocycles. The summed E-state index contributed by atoms with van der Waals surface area (Å²) in [7, 11) is 1.36. The molecular formula is C17H24BrNO4. The van der Waals surface area contributed by atoms with E-state index in [2.05, 4.69) is 46.8 Å². The normalized spacial score (nSPS) is 11.0. The van der Waals surface area contributed by atoms with Crippen LogP contribution in [0.15, 0.2) is 22.7 Å². The number of ether oxygens (including phenoxy) is 2. The summed E-state index contributed by atoms with van der Waals surface area (Å²) in [6, 6.07) is 5.21. The fourth-order valence-electron chi connectivity index (χ4n) is 1.70. The maximum atomic E-state index is 12.2. The predicted octanol–water partition coefficient (Wildman–Crippen LogP) is 3.56. The highest BCUT2D eigenvalue weighted by Gasteiger charge is 2.14. The molecule has 1 amide bonds. The van der Waals surface area contributed by atoms with Gasteiger partial charge in [-0.2, -0.15) is 0 Å². The topological polar surface area (TPSA) is 64.6 Å². The third-order valence-electron chi connectivity index (χ3n) is 2.98. The van der Waals surface area contributed by atoms with E-state index in [0.717, 1.165) is 4.47 Å². The zero-order valence-corrected chi connectivity index (χ0v) is 15.7. The minimum absolute atomic E-state index is 0.0260. The van der Waals surface area contributed by atoms with Gasteiger partial charge < -0.3 is 14.8 Å². The summed E-state index contributed by atoms with van der Waals surface area (Å²) >= 11 is 3.40. The number of carbonyl (C=O) groups is 2. The van der Waals surface area contributed by atoms with E-state index in [-0.39, 0.29) is 17.3 Å². The average Bonchev–Trinajstić information content (AvgIpc) is 2.49. The first-order chi connectivity index (χ1) is 10.7. The third-order valence-corrected chi connectivity index (χ3v) is 3.64. The molecule has 0 atom stereocenters. The smallest absolute Gasteiger partial charge is 0.305 e. The molecule has 0 heterocycles. The standard InChI is InChI=1S/C17H24BrNO4/c1-17(2,3)11-19-16(21)12-7-8-13(18)14(10-12)23-9-5-6-15(20)22-4/h7-8,10H,5-6,9,11H2,1-4H3,(H,19,21). The number of nitrogens with one attached hydrogen (secondary N) is 1. The predicted molar refractivity (Wildman–Crippen MR) is 92.7 cm³/mol. The Morgan fingerprint density at radius 3 is 2.57 bits per heavy atom. The van der Waals surface area contributed by atoms with Gasteiger partial charge in [-0.1, -0.05) is 20.8 Å². The fourth-order valence-corrected chi connectivity index (χ4v) is 2.06. The van der Waals surface area contributed by atoms with E-state index in [1.54, 1.807) is 18.2 Å². The van der Waals surface area contributed by atoms with Crippen molar-refractivity contribution >= 4 is 27.8 Å². The monoisotopic (exact) mass is 385 g/mol. The largest absolute Gasteiger partial charge is 0.492 e. The Balaban J connectivity index is 2.61. The Labute approximate surface area is 145 Å². The first-order valence-electron chi connectivity index (χ1n) is 7.50. The second kappa shape index (κ2) is 8.91. The van der Waals surface area contributed by atoms with Crippen molar-refractivity contribution in [2.75, 3.05) is 20.3 Å². The molecule has 1 aromatic rings. The van der Waals surface area contributed by atoms with Gasteiger partial charge >= 0.3 is 5.97 Å². The van der Waals surface area contributed by atoms with Gasteiger partial charge in [0.25, 0.3) is 5.91 Å². The van der Waals surface area contributed by atoms with Crippen LogP contribution in [0.5, 0.6) is 5.75 Å². The molecule has 23 heavy (non-hydrogen) atoms. The number of methoxy groups -OCH3 is 1. The van der Waals surface area contributed by atoms with E-state index in [1.807, 2.05) is 0 Å². The fraction of sp³-hybridized carbons (Fsp3) is 0.529. The molecule has 1 rings (SSSR count). The van der Waals surface area contributed by atoms with Crippen LogP contribution in [0.3, 0.4) is 0 Å². The number of rotatable bonds is 7. The van der Waals surface area contributed by atoms with E-state index >= 15 is 0 Å². The number of amides is 1. The Morgan fingerprint density at radius 1 is 1.26 bits per heavy atom. The molecule has 0 radical (unpaired) electrons. The van der Waals surface area contributed by atoms with Crippen LogP contribution in [0.25, 0.3) is 0 Å². The van der Waals surface area contributed by atoms with Gasteiger partial charge in [-0.25, -0.2) is 0 Å². The molecule has 128 valence electrons. The molecule has 0 saturated carbocycles. The van der Waals surface area contributed by atoms with Gasteiger partial charge in [-0.15, -0.1) is 0 Å². The van der Waals surface area contributed by atoms with Gasteiger partial charge in [0.1, 0.15) is 5.75 Å². The Morgan fingerprint density at radius 2 is 1.96 bits per heavy atom.